The van der Waals surface area contributed by atoms with Crippen LogP contribution in [0.4, 0.5) is 0 Å². The summed E-state index contributed by atoms with van der Waals surface area (Å²) in [7, 11) is 0. The average Bonchev–Trinajstić information content (AvgIpc) is 3.20. The number of fused-ring (bicyclic) bond motifs is 1. The number of nitrogens with one attached hydrogen (secondary N) is 1. The number of amides is 1. The van der Waals surface area contributed by atoms with E-state index < -0.39 is 0 Å². The molecular formula is C18H24N4O3. The molecule has 1 aromatic heterocycles. The Morgan fingerprint density at radius 2 is 2.00 bits per heavy atom. The largest absolute Gasteiger partial charge is 0.490 e. The van der Waals surface area contributed by atoms with Crippen LogP contribution in [-0.2, 0) is 13.0 Å². The number of aryl methyl sites for hydroxylation is 1. The molecule has 3 rings (SSSR count). The van der Waals surface area contributed by atoms with Crippen LogP contribution in [0.1, 0.15) is 55.2 Å². The lowest BCUT2D eigenvalue weighted by atomic mass is 10.1. The van der Waals surface area contributed by atoms with Gasteiger partial charge in [-0.2, -0.15) is 0 Å². The van der Waals surface area contributed by atoms with E-state index >= 15 is 0 Å². The third-order valence-electron chi connectivity index (χ3n) is 4.18. The maximum Gasteiger partial charge on any atom is 0.252 e. The van der Waals surface area contributed by atoms with Crippen LogP contribution in [0, 0.1) is 0 Å². The van der Waals surface area contributed by atoms with E-state index in [1.165, 1.54) is 0 Å². The molecule has 2 aromatic rings. The molecule has 134 valence electrons. The fourth-order valence-electron chi connectivity index (χ4n) is 3.03. The summed E-state index contributed by atoms with van der Waals surface area (Å²) in [5.41, 5.74) is 0.528. The number of carbonyl (C=O) groups is 1. The quantitative estimate of drug-likeness (QED) is 0.835. The van der Waals surface area contributed by atoms with Gasteiger partial charge in [-0.15, -0.1) is 10.2 Å². The Balaban J connectivity index is 1.75. The molecule has 0 fully saturated rings. The van der Waals surface area contributed by atoms with E-state index in [9.17, 15) is 4.79 Å². The Morgan fingerprint density at radius 3 is 2.76 bits per heavy atom. The van der Waals surface area contributed by atoms with Gasteiger partial charge in [0, 0.05) is 18.5 Å². The highest BCUT2D eigenvalue weighted by Crippen LogP contribution is 2.29. The molecule has 0 bridgehead atoms. The van der Waals surface area contributed by atoms with Crippen LogP contribution >= 0.6 is 0 Å². The standard InChI is InChI=1S/C18H24N4O3/c1-4-24-14-9-8-13(11-15(14)25-5-2)18(23)19-12(3)17-21-20-16-7-6-10-22(16)17/h8-9,11-12H,4-7,10H2,1-3H3,(H,19,23)/t12-/m1/s1. The lowest BCUT2D eigenvalue weighted by Crippen LogP contribution is -2.28. The van der Waals surface area contributed by atoms with E-state index in [4.69, 9.17) is 9.47 Å². The van der Waals surface area contributed by atoms with E-state index in [2.05, 4.69) is 20.1 Å². The van der Waals surface area contributed by atoms with Gasteiger partial charge in [-0.25, -0.2) is 0 Å². The Kier molecular flexibility index (Phi) is 5.21. The van der Waals surface area contributed by atoms with Crippen LogP contribution in [0.15, 0.2) is 18.2 Å². The molecule has 0 saturated heterocycles. The molecule has 1 N–H and O–H groups in total. The maximum absolute atomic E-state index is 12.6. The van der Waals surface area contributed by atoms with E-state index in [-0.39, 0.29) is 11.9 Å². The molecule has 0 saturated carbocycles. The lowest BCUT2D eigenvalue weighted by Gasteiger charge is -2.15. The molecule has 0 radical (unpaired) electrons. The van der Waals surface area contributed by atoms with Crippen molar-refractivity contribution in [2.45, 2.75) is 46.2 Å². The second kappa shape index (κ2) is 7.55. The lowest BCUT2D eigenvalue weighted by molar-refractivity contribution is 0.0937. The molecule has 1 aliphatic rings. The van der Waals surface area contributed by atoms with Gasteiger partial charge in [0.25, 0.3) is 5.91 Å². The number of carbonyl (C=O) groups excluding carboxylic acids is 1. The summed E-state index contributed by atoms with van der Waals surface area (Å²) in [4.78, 5) is 12.6. The first-order valence-electron chi connectivity index (χ1n) is 8.76. The van der Waals surface area contributed by atoms with Gasteiger partial charge >= 0.3 is 0 Å². The number of nitrogens with zero attached hydrogens (tertiary/aromatic N) is 3. The molecule has 0 aliphatic carbocycles. The predicted molar refractivity (Wildman–Crippen MR) is 93.0 cm³/mol. The fraction of sp³-hybridized carbons (Fsp3) is 0.500. The molecule has 0 spiro atoms. The van der Waals surface area contributed by atoms with Gasteiger partial charge in [0.15, 0.2) is 17.3 Å². The topological polar surface area (TPSA) is 78.3 Å². The van der Waals surface area contributed by atoms with Crippen LogP contribution < -0.4 is 14.8 Å². The van der Waals surface area contributed by atoms with Gasteiger partial charge in [-0.05, 0) is 45.4 Å². The smallest absolute Gasteiger partial charge is 0.252 e. The predicted octanol–water partition coefficient (Wildman–Crippen LogP) is 2.51. The minimum atomic E-state index is -0.214. The van der Waals surface area contributed by atoms with Crippen molar-refractivity contribution < 1.29 is 14.3 Å². The van der Waals surface area contributed by atoms with Gasteiger partial charge in [0.2, 0.25) is 0 Å². The third kappa shape index (κ3) is 3.60. The van der Waals surface area contributed by atoms with Crippen LogP contribution in [0.25, 0.3) is 0 Å². The maximum atomic E-state index is 12.6. The summed E-state index contributed by atoms with van der Waals surface area (Å²) in [5, 5.41) is 11.4. The van der Waals surface area contributed by atoms with Gasteiger partial charge < -0.3 is 19.4 Å². The van der Waals surface area contributed by atoms with Crippen molar-refractivity contribution in [3.05, 3.63) is 35.4 Å². The molecule has 2 heterocycles. The molecule has 0 unspecified atom stereocenters. The molecule has 1 aliphatic heterocycles. The summed E-state index contributed by atoms with van der Waals surface area (Å²) in [6, 6.07) is 5.01. The molecule has 25 heavy (non-hydrogen) atoms. The molecular weight excluding hydrogens is 320 g/mol. The second-order valence-electron chi connectivity index (χ2n) is 5.95. The second-order valence-corrected chi connectivity index (χ2v) is 5.95. The van der Waals surface area contributed by atoms with E-state index in [1.807, 2.05) is 20.8 Å². The van der Waals surface area contributed by atoms with E-state index in [1.54, 1.807) is 18.2 Å². The summed E-state index contributed by atoms with van der Waals surface area (Å²) >= 11 is 0. The van der Waals surface area contributed by atoms with Crippen LogP contribution in [0.3, 0.4) is 0 Å². The van der Waals surface area contributed by atoms with E-state index in [0.29, 0.717) is 30.3 Å². The zero-order valence-corrected chi connectivity index (χ0v) is 14.9. The fourth-order valence-corrected chi connectivity index (χ4v) is 3.03. The summed E-state index contributed by atoms with van der Waals surface area (Å²) < 4.78 is 13.2. The monoisotopic (exact) mass is 344 g/mol. The summed E-state index contributed by atoms with van der Waals surface area (Å²) in [6.07, 6.45) is 2.03. The summed E-state index contributed by atoms with van der Waals surface area (Å²) in [5.74, 6) is 2.84. The number of hydrogen-bond acceptors (Lipinski definition) is 5. The van der Waals surface area contributed by atoms with Gasteiger partial charge in [-0.1, -0.05) is 0 Å². The van der Waals surface area contributed by atoms with Crippen molar-refractivity contribution >= 4 is 5.91 Å². The first-order chi connectivity index (χ1) is 12.1. The van der Waals surface area contributed by atoms with Crippen LogP contribution in [0.2, 0.25) is 0 Å². The van der Waals surface area contributed by atoms with Crippen molar-refractivity contribution in [2.75, 3.05) is 13.2 Å². The Hall–Kier alpha value is -2.57. The highest BCUT2D eigenvalue weighted by atomic mass is 16.5. The van der Waals surface area contributed by atoms with Gasteiger partial charge in [0.1, 0.15) is 5.82 Å². The van der Waals surface area contributed by atoms with Crippen molar-refractivity contribution in [3.63, 3.8) is 0 Å². The Bertz CT molecular complexity index is 757. The molecule has 1 aromatic carbocycles. The van der Waals surface area contributed by atoms with E-state index in [0.717, 1.165) is 31.0 Å². The number of benzene rings is 1. The van der Waals surface area contributed by atoms with Crippen LogP contribution in [0.5, 0.6) is 11.5 Å². The van der Waals surface area contributed by atoms with Crippen molar-refractivity contribution in [3.8, 4) is 11.5 Å². The minimum Gasteiger partial charge on any atom is -0.490 e. The number of hydrogen-bond donors (Lipinski definition) is 1. The van der Waals surface area contributed by atoms with Crippen molar-refractivity contribution in [1.29, 1.82) is 0 Å². The van der Waals surface area contributed by atoms with Crippen molar-refractivity contribution in [1.82, 2.24) is 20.1 Å². The zero-order valence-electron chi connectivity index (χ0n) is 14.9. The number of ether oxygens (including phenoxy) is 2. The first-order valence-corrected chi connectivity index (χ1v) is 8.76. The molecule has 1 amide bonds. The summed E-state index contributed by atoms with van der Waals surface area (Å²) in [6.45, 7) is 7.69. The third-order valence-corrected chi connectivity index (χ3v) is 4.18. The van der Waals surface area contributed by atoms with Gasteiger partial charge in [-0.3, -0.25) is 4.79 Å². The SMILES string of the molecule is CCOc1ccc(C(=O)N[C@H](C)c2nnc3n2CCC3)cc1OCC. The highest BCUT2D eigenvalue weighted by Gasteiger charge is 2.23. The normalized spacial score (nSPS) is 14.0. The Morgan fingerprint density at radius 1 is 1.24 bits per heavy atom. The molecule has 7 nitrogen and oxygen atoms in total. The number of aromatic nitrogens is 3. The highest BCUT2D eigenvalue weighted by molar-refractivity contribution is 5.95. The minimum absolute atomic E-state index is 0.174. The molecule has 1 atom stereocenters. The van der Waals surface area contributed by atoms with Crippen molar-refractivity contribution in [2.24, 2.45) is 0 Å². The van der Waals surface area contributed by atoms with Gasteiger partial charge in [0.05, 0.1) is 19.3 Å². The molecule has 7 heteroatoms. The first kappa shape index (κ1) is 17.3. The average molecular weight is 344 g/mol. The van der Waals surface area contributed by atoms with Crippen LogP contribution in [-0.4, -0.2) is 33.9 Å². The number of rotatable bonds is 7. The zero-order chi connectivity index (χ0) is 17.8. The Labute approximate surface area is 147 Å².